The number of ether oxygens (including phenoxy) is 2. The van der Waals surface area contributed by atoms with Crippen molar-refractivity contribution in [2.24, 2.45) is 5.16 Å². The van der Waals surface area contributed by atoms with Crippen molar-refractivity contribution in [2.75, 3.05) is 39.8 Å². The molecule has 0 atom stereocenters. The SMILES string of the molecule is COc1ccc(C(CN2CCN(C(=O)OC(C)(C)C)CC2)=NO)cc1. The molecule has 1 aliphatic heterocycles. The summed E-state index contributed by atoms with van der Waals surface area (Å²) in [5, 5.41) is 12.8. The summed E-state index contributed by atoms with van der Waals surface area (Å²) in [6, 6.07) is 7.40. The molecule has 1 aromatic carbocycles. The highest BCUT2D eigenvalue weighted by molar-refractivity contribution is 6.01. The first-order valence-electron chi connectivity index (χ1n) is 8.38. The van der Waals surface area contributed by atoms with Crippen molar-refractivity contribution in [2.45, 2.75) is 26.4 Å². The van der Waals surface area contributed by atoms with Crippen LogP contribution in [0.4, 0.5) is 4.79 Å². The molecule has 0 spiro atoms. The van der Waals surface area contributed by atoms with Crippen LogP contribution < -0.4 is 4.74 Å². The van der Waals surface area contributed by atoms with Gasteiger partial charge in [-0.05, 0) is 45.0 Å². The molecule has 0 unspecified atom stereocenters. The zero-order valence-electron chi connectivity index (χ0n) is 15.4. The lowest BCUT2D eigenvalue weighted by Gasteiger charge is -2.35. The van der Waals surface area contributed by atoms with Gasteiger partial charge in [0.15, 0.2) is 0 Å². The van der Waals surface area contributed by atoms with E-state index in [9.17, 15) is 10.0 Å². The van der Waals surface area contributed by atoms with E-state index in [2.05, 4.69) is 10.1 Å². The third kappa shape index (κ3) is 5.63. The number of hydrogen-bond donors (Lipinski definition) is 1. The Morgan fingerprint density at radius 2 is 1.76 bits per heavy atom. The molecule has 1 aromatic rings. The van der Waals surface area contributed by atoms with Gasteiger partial charge in [0, 0.05) is 38.3 Å². The van der Waals surface area contributed by atoms with Crippen LogP contribution >= 0.6 is 0 Å². The van der Waals surface area contributed by atoms with Gasteiger partial charge in [0.05, 0.1) is 7.11 Å². The smallest absolute Gasteiger partial charge is 0.410 e. The van der Waals surface area contributed by atoms with E-state index < -0.39 is 5.60 Å². The van der Waals surface area contributed by atoms with Crippen molar-refractivity contribution in [1.82, 2.24) is 9.80 Å². The van der Waals surface area contributed by atoms with E-state index in [-0.39, 0.29) is 6.09 Å². The fourth-order valence-electron chi connectivity index (χ4n) is 2.59. The molecule has 25 heavy (non-hydrogen) atoms. The van der Waals surface area contributed by atoms with Gasteiger partial charge in [-0.25, -0.2) is 4.79 Å². The van der Waals surface area contributed by atoms with Gasteiger partial charge in [-0.3, -0.25) is 4.90 Å². The van der Waals surface area contributed by atoms with Crippen molar-refractivity contribution in [3.8, 4) is 5.75 Å². The minimum atomic E-state index is -0.487. The molecular weight excluding hydrogens is 322 g/mol. The van der Waals surface area contributed by atoms with Crippen LogP contribution in [0, 0.1) is 0 Å². The third-order valence-electron chi connectivity index (χ3n) is 3.94. The Morgan fingerprint density at radius 3 is 2.24 bits per heavy atom. The molecule has 7 nitrogen and oxygen atoms in total. The summed E-state index contributed by atoms with van der Waals surface area (Å²) in [6.45, 7) is 8.69. The summed E-state index contributed by atoms with van der Waals surface area (Å²) >= 11 is 0. The molecule has 0 radical (unpaired) electrons. The molecule has 1 heterocycles. The largest absolute Gasteiger partial charge is 0.497 e. The van der Waals surface area contributed by atoms with E-state index in [4.69, 9.17) is 9.47 Å². The van der Waals surface area contributed by atoms with Crippen LogP contribution in [0.25, 0.3) is 0 Å². The number of hydrogen-bond acceptors (Lipinski definition) is 6. The predicted octanol–water partition coefficient (Wildman–Crippen LogP) is 2.43. The Hall–Kier alpha value is -2.28. The van der Waals surface area contributed by atoms with Gasteiger partial charge in [0.25, 0.3) is 0 Å². The summed E-state index contributed by atoms with van der Waals surface area (Å²) < 4.78 is 10.5. The first-order valence-corrected chi connectivity index (χ1v) is 8.38. The zero-order valence-corrected chi connectivity index (χ0v) is 15.4. The van der Waals surface area contributed by atoms with Crippen LogP contribution in [-0.4, -0.2) is 72.2 Å². The summed E-state index contributed by atoms with van der Waals surface area (Å²) in [6.07, 6.45) is -0.279. The molecule has 1 amide bonds. The lowest BCUT2D eigenvalue weighted by molar-refractivity contribution is 0.0156. The third-order valence-corrected chi connectivity index (χ3v) is 3.94. The Balaban J connectivity index is 1.88. The highest BCUT2D eigenvalue weighted by Crippen LogP contribution is 2.14. The lowest BCUT2D eigenvalue weighted by Crippen LogP contribution is -2.51. The van der Waals surface area contributed by atoms with E-state index in [0.717, 1.165) is 11.3 Å². The molecule has 2 rings (SSSR count). The van der Waals surface area contributed by atoms with Crippen molar-refractivity contribution < 1.29 is 19.5 Å². The quantitative estimate of drug-likeness (QED) is 0.513. The van der Waals surface area contributed by atoms with Gasteiger partial charge >= 0.3 is 6.09 Å². The molecule has 1 saturated heterocycles. The lowest BCUT2D eigenvalue weighted by atomic mass is 10.1. The maximum atomic E-state index is 12.1. The van der Waals surface area contributed by atoms with Gasteiger partial charge in [-0.2, -0.15) is 0 Å². The van der Waals surface area contributed by atoms with Crippen molar-refractivity contribution in [1.29, 1.82) is 0 Å². The zero-order chi connectivity index (χ0) is 18.4. The Labute approximate surface area is 148 Å². The predicted molar refractivity (Wildman–Crippen MR) is 95.6 cm³/mol. The van der Waals surface area contributed by atoms with Crippen LogP contribution in [0.1, 0.15) is 26.3 Å². The molecule has 138 valence electrons. The van der Waals surface area contributed by atoms with E-state index in [0.29, 0.717) is 38.4 Å². The molecule has 0 aliphatic carbocycles. The highest BCUT2D eigenvalue weighted by Gasteiger charge is 2.26. The average molecular weight is 349 g/mol. The number of piperazine rings is 1. The van der Waals surface area contributed by atoms with Gasteiger partial charge < -0.3 is 19.6 Å². The molecule has 0 saturated carbocycles. The molecule has 1 fully saturated rings. The number of carbonyl (C=O) groups excluding carboxylic acids is 1. The Bertz CT molecular complexity index is 600. The van der Waals surface area contributed by atoms with Crippen LogP contribution in [0.2, 0.25) is 0 Å². The number of methoxy groups -OCH3 is 1. The normalized spacial score (nSPS) is 16.6. The molecule has 0 bridgehead atoms. The number of amides is 1. The standard InChI is InChI=1S/C18H27N3O4/c1-18(2,3)25-17(22)21-11-9-20(10-12-21)13-16(19-23)14-5-7-15(24-4)8-6-14/h5-8,23H,9-13H2,1-4H3. The van der Waals surface area contributed by atoms with Crippen molar-refractivity contribution in [3.63, 3.8) is 0 Å². The minimum absolute atomic E-state index is 0.279. The summed E-state index contributed by atoms with van der Waals surface area (Å²) in [7, 11) is 1.61. The average Bonchev–Trinajstić information content (AvgIpc) is 2.59. The van der Waals surface area contributed by atoms with Crippen LogP contribution in [0.15, 0.2) is 29.4 Å². The van der Waals surface area contributed by atoms with E-state index >= 15 is 0 Å². The first-order chi connectivity index (χ1) is 11.8. The monoisotopic (exact) mass is 349 g/mol. The molecule has 7 heteroatoms. The van der Waals surface area contributed by atoms with Crippen LogP contribution in [-0.2, 0) is 4.74 Å². The van der Waals surface area contributed by atoms with Crippen LogP contribution in [0.5, 0.6) is 5.75 Å². The van der Waals surface area contributed by atoms with Gasteiger partial charge in [-0.1, -0.05) is 5.16 Å². The maximum Gasteiger partial charge on any atom is 0.410 e. The molecule has 1 aliphatic rings. The van der Waals surface area contributed by atoms with E-state index in [1.807, 2.05) is 45.0 Å². The van der Waals surface area contributed by atoms with Gasteiger partial charge in [0.2, 0.25) is 0 Å². The number of nitrogens with zero attached hydrogens (tertiary/aromatic N) is 3. The summed E-state index contributed by atoms with van der Waals surface area (Å²) in [5.74, 6) is 0.756. The highest BCUT2D eigenvalue weighted by atomic mass is 16.6. The second-order valence-electron chi connectivity index (χ2n) is 7.02. The minimum Gasteiger partial charge on any atom is -0.497 e. The van der Waals surface area contributed by atoms with Crippen LogP contribution in [0.3, 0.4) is 0 Å². The second kappa shape index (κ2) is 8.20. The van der Waals surface area contributed by atoms with Gasteiger partial charge in [-0.15, -0.1) is 0 Å². The first kappa shape index (κ1) is 19.1. The Kier molecular flexibility index (Phi) is 6.25. The number of oxime groups is 1. The number of rotatable bonds is 4. The molecule has 0 aromatic heterocycles. The maximum absolute atomic E-state index is 12.1. The molecular formula is C18H27N3O4. The fourth-order valence-corrected chi connectivity index (χ4v) is 2.59. The van der Waals surface area contributed by atoms with Gasteiger partial charge in [0.1, 0.15) is 17.1 Å². The number of carbonyl (C=O) groups is 1. The van der Waals surface area contributed by atoms with Crippen molar-refractivity contribution >= 4 is 11.8 Å². The van der Waals surface area contributed by atoms with E-state index in [1.165, 1.54) is 0 Å². The summed E-state index contributed by atoms with van der Waals surface area (Å²) in [4.78, 5) is 16.0. The van der Waals surface area contributed by atoms with Crippen molar-refractivity contribution in [3.05, 3.63) is 29.8 Å². The molecule has 1 N–H and O–H groups in total. The second-order valence-corrected chi connectivity index (χ2v) is 7.02. The van der Waals surface area contributed by atoms with E-state index in [1.54, 1.807) is 12.0 Å². The summed E-state index contributed by atoms with van der Waals surface area (Å²) in [5.41, 5.74) is 0.950. The number of benzene rings is 1. The Morgan fingerprint density at radius 1 is 1.16 bits per heavy atom. The fraction of sp³-hybridized carbons (Fsp3) is 0.556. The topological polar surface area (TPSA) is 74.6 Å².